The van der Waals surface area contributed by atoms with Gasteiger partial charge in [0.15, 0.2) is 17.5 Å². The van der Waals surface area contributed by atoms with Gasteiger partial charge in [0, 0.05) is 19.0 Å². The highest BCUT2D eigenvalue weighted by Crippen LogP contribution is 2.28. The molecule has 0 radical (unpaired) electrons. The lowest BCUT2D eigenvalue weighted by molar-refractivity contribution is 0.354. The van der Waals surface area contributed by atoms with E-state index in [0.29, 0.717) is 19.0 Å². The summed E-state index contributed by atoms with van der Waals surface area (Å²) < 4.78 is 16.0. The number of guanidine groups is 1. The second-order valence-corrected chi connectivity index (χ2v) is 6.24. The third kappa shape index (κ3) is 5.81. The molecule has 0 bridgehead atoms. The third-order valence-corrected chi connectivity index (χ3v) is 4.37. The van der Waals surface area contributed by atoms with E-state index >= 15 is 0 Å². The minimum atomic E-state index is 0.215. The van der Waals surface area contributed by atoms with Gasteiger partial charge in [-0.1, -0.05) is 31.2 Å². The predicted molar refractivity (Wildman–Crippen MR) is 109 cm³/mol. The van der Waals surface area contributed by atoms with Crippen LogP contribution in [0.1, 0.15) is 24.0 Å². The van der Waals surface area contributed by atoms with Crippen molar-refractivity contribution in [1.82, 2.24) is 5.32 Å². The molecule has 6 heteroatoms. The minimum absolute atomic E-state index is 0.215. The summed E-state index contributed by atoms with van der Waals surface area (Å²) in [6, 6.07) is 13.9. The first-order valence-corrected chi connectivity index (χ1v) is 8.96. The van der Waals surface area contributed by atoms with Crippen LogP contribution in [-0.4, -0.2) is 40.4 Å². The van der Waals surface area contributed by atoms with Crippen LogP contribution in [0.15, 0.2) is 47.5 Å². The Balaban J connectivity index is 1.85. The summed E-state index contributed by atoms with van der Waals surface area (Å²) in [4.78, 5) is 4.45. The highest BCUT2D eigenvalue weighted by molar-refractivity contribution is 5.77. The molecule has 1 unspecified atom stereocenters. The molecule has 27 heavy (non-hydrogen) atoms. The van der Waals surface area contributed by atoms with Crippen LogP contribution >= 0.6 is 0 Å². The first-order valence-electron chi connectivity index (χ1n) is 8.96. The topological polar surface area (TPSA) is 78.1 Å². The van der Waals surface area contributed by atoms with Gasteiger partial charge in [-0.3, -0.25) is 4.99 Å². The number of rotatable bonds is 9. The van der Waals surface area contributed by atoms with E-state index in [1.807, 2.05) is 36.4 Å². The maximum absolute atomic E-state index is 6.00. The fourth-order valence-electron chi connectivity index (χ4n) is 2.83. The zero-order valence-corrected chi connectivity index (χ0v) is 16.5. The van der Waals surface area contributed by atoms with Gasteiger partial charge < -0.3 is 25.3 Å². The zero-order valence-electron chi connectivity index (χ0n) is 16.5. The number of nitrogens with one attached hydrogen (secondary N) is 1. The molecule has 1 atom stereocenters. The molecule has 0 heterocycles. The molecule has 0 saturated heterocycles. The molecule has 0 aliphatic heterocycles. The first kappa shape index (κ1) is 20.4. The number of nitrogens with two attached hydrogens (primary N) is 1. The van der Waals surface area contributed by atoms with Gasteiger partial charge in [0.2, 0.25) is 0 Å². The summed E-state index contributed by atoms with van der Waals surface area (Å²) in [5.74, 6) is 2.98. The van der Waals surface area contributed by atoms with Crippen LogP contribution in [0.2, 0.25) is 0 Å². The Morgan fingerprint density at radius 2 is 1.70 bits per heavy atom. The first-order chi connectivity index (χ1) is 13.1. The van der Waals surface area contributed by atoms with Crippen LogP contribution in [-0.2, 0) is 6.42 Å². The monoisotopic (exact) mass is 371 g/mol. The van der Waals surface area contributed by atoms with E-state index in [2.05, 4.69) is 23.3 Å². The Morgan fingerprint density at radius 3 is 2.41 bits per heavy atom. The lowest BCUT2D eigenvalue weighted by Crippen LogP contribution is -2.33. The van der Waals surface area contributed by atoms with Gasteiger partial charge in [-0.15, -0.1) is 0 Å². The number of aliphatic imine (C=N–C) groups is 1. The standard InChI is InChI=1S/C21H29N3O3/c1-15(17-7-5-6-8-18(17)25-2)14-24-21(22)23-12-11-16-9-10-19(26-3)20(13-16)27-4/h5-10,13,15H,11-12,14H2,1-4H3,(H3,22,23,24). The van der Waals surface area contributed by atoms with Gasteiger partial charge in [-0.05, 0) is 35.7 Å². The molecule has 2 rings (SSSR count). The van der Waals surface area contributed by atoms with Gasteiger partial charge >= 0.3 is 0 Å². The normalized spacial score (nSPS) is 12.4. The van der Waals surface area contributed by atoms with Crippen molar-refractivity contribution in [1.29, 1.82) is 0 Å². The van der Waals surface area contributed by atoms with Crippen LogP contribution in [0.3, 0.4) is 0 Å². The van der Waals surface area contributed by atoms with Crippen LogP contribution in [0.4, 0.5) is 0 Å². The molecule has 0 aromatic heterocycles. The highest BCUT2D eigenvalue weighted by atomic mass is 16.5. The minimum Gasteiger partial charge on any atom is -0.496 e. The average Bonchev–Trinajstić information content (AvgIpc) is 2.71. The fraction of sp³-hybridized carbons (Fsp3) is 0.381. The Labute approximate surface area is 161 Å². The van der Waals surface area contributed by atoms with Crippen molar-refractivity contribution in [2.75, 3.05) is 34.4 Å². The van der Waals surface area contributed by atoms with E-state index in [0.717, 1.165) is 34.8 Å². The summed E-state index contributed by atoms with van der Waals surface area (Å²) in [7, 11) is 4.94. The van der Waals surface area contributed by atoms with Crippen molar-refractivity contribution in [3.63, 3.8) is 0 Å². The van der Waals surface area contributed by atoms with Crippen LogP contribution < -0.4 is 25.3 Å². The summed E-state index contributed by atoms with van der Waals surface area (Å²) >= 11 is 0. The second-order valence-electron chi connectivity index (χ2n) is 6.24. The van der Waals surface area contributed by atoms with Crippen molar-refractivity contribution in [2.24, 2.45) is 10.7 Å². The molecule has 0 saturated carbocycles. The third-order valence-electron chi connectivity index (χ3n) is 4.37. The molecular weight excluding hydrogens is 342 g/mol. The van der Waals surface area contributed by atoms with E-state index in [1.165, 1.54) is 0 Å². The Kier molecular flexibility index (Phi) is 7.79. The quantitative estimate of drug-likeness (QED) is 0.523. The molecule has 0 fully saturated rings. The van der Waals surface area contributed by atoms with E-state index < -0.39 is 0 Å². The van der Waals surface area contributed by atoms with E-state index in [-0.39, 0.29) is 5.92 Å². The molecule has 3 N–H and O–H groups in total. The Bertz CT molecular complexity index is 762. The van der Waals surface area contributed by atoms with Gasteiger partial charge in [0.1, 0.15) is 5.75 Å². The lowest BCUT2D eigenvalue weighted by Gasteiger charge is -2.14. The van der Waals surface area contributed by atoms with E-state index in [1.54, 1.807) is 21.3 Å². The molecule has 6 nitrogen and oxygen atoms in total. The number of ether oxygens (including phenoxy) is 3. The van der Waals surface area contributed by atoms with Crippen LogP contribution in [0.25, 0.3) is 0 Å². The van der Waals surface area contributed by atoms with Gasteiger partial charge in [0.05, 0.1) is 21.3 Å². The number of para-hydroxylation sites is 1. The maximum atomic E-state index is 6.00. The predicted octanol–water partition coefficient (Wildman–Crippen LogP) is 2.96. The molecule has 0 amide bonds. The fourth-order valence-corrected chi connectivity index (χ4v) is 2.83. The largest absolute Gasteiger partial charge is 0.496 e. The second kappa shape index (κ2) is 10.3. The number of nitrogens with zero attached hydrogens (tertiary/aromatic N) is 1. The summed E-state index contributed by atoms with van der Waals surface area (Å²) in [6.07, 6.45) is 0.804. The lowest BCUT2D eigenvalue weighted by atomic mass is 10.0. The number of methoxy groups -OCH3 is 3. The van der Waals surface area contributed by atoms with E-state index in [4.69, 9.17) is 19.9 Å². The van der Waals surface area contributed by atoms with Gasteiger partial charge in [-0.25, -0.2) is 0 Å². The van der Waals surface area contributed by atoms with Gasteiger partial charge in [0.25, 0.3) is 0 Å². The summed E-state index contributed by atoms with van der Waals surface area (Å²) in [5.41, 5.74) is 8.26. The number of hydrogen-bond acceptors (Lipinski definition) is 4. The summed E-state index contributed by atoms with van der Waals surface area (Å²) in [5, 5.41) is 3.16. The molecule has 0 spiro atoms. The van der Waals surface area contributed by atoms with Crippen LogP contribution in [0, 0.1) is 0 Å². The van der Waals surface area contributed by atoms with Crippen molar-refractivity contribution >= 4 is 5.96 Å². The van der Waals surface area contributed by atoms with Crippen molar-refractivity contribution in [2.45, 2.75) is 19.3 Å². The SMILES string of the molecule is COc1ccc(CCNC(N)=NCC(C)c2ccccc2OC)cc1OC. The maximum Gasteiger partial charge on any atom is 0.188 e. The Hall–Kier alpha value is -2.89. The zero-order chi connectivity index (χ0) is 19.6. The van der Waals surface area contributed by atoms with Gasteiger partial charge in [-0.2, -0.15) is 0 Å². The molecular formula is C21H29N3O3. The molecule has 0 aliphatic rings. The average molecular weight is 371 g/mol. The Morgan fingerprint density at radius 1 is 1.00 bits per heavy atom. The molecule has 2 aromatic carbocycles. The van der Waals surface area contributed by atoms with Crippen molar-refractivity contribution < 1.29 is 14.2 Å². The molecule has 0 aliphatic carbocycles. The smallest absolute Gasteiger partial charge is 0.188 e. The van der Waals surface area contributed by atoms with Crippen LogP contribution in [0.5, 0.6) is 17.2 Å². The van der Waals surface area contributed by atoms with Crippen molar-refractivity contribution in [3.05, 3.63) is 53.6 Å². The molecule has 146 valence electrons. The van der Waals surface area contributed by atoms with Crippen molar-refractivity contribution in [3.8, 4) is 17.2 Å². The number of benzene rings is 2. The van der Waals surface area contributed by atoms with E-state index in [9.17, 15) is 0 Å². The highest BCUT2D eigenvalue weighted by Gasteiger charge is 2.10. The molecule has 2 aromatic rings. The number of hydrogen-bond donors (Lipinski definition) is 2. The summed E-state index contributed by atoms with van der Waals surface area (Å²) in [6.45, 7) is 3.39.